The molecule has 0 aliphatic carbocycles. The number of allylic oxidation sites excluding steroid dienone is 1. The first-order chi connectivity index (χ1) is 14.8. The van der Waals surface area contributed by atoms with Crippen LogP contribution in [0.5, 0.6) is 0 Å². The second-order valence-electron chi connectivity index (χ2n) is 8.92. The van der Waals surface area contributed by atoms with Gasteiger partial charge in [0.1, 0.15) is 0 Å². The zero-order chi connectivity index (χ0) is 22.2. The van der Waals surface area contributed by atoms with Crippen molar-refractivity contribution in [1.82, 2.24) is 14.4 Å². The Balaban J connectivity index is 1.65. The average molecular weight is 434 g/mol. The molecule has 1 aromatic carbocycles. The highest BCUT2D eigenvalue weighted by Crippen LogP contribution is 2.33. The standard InChI is InChI=1S/C24H30F3N3O/c1-3-10-30-21-5-4-18(23(31)29-12-6-17(2)7-13-29)15-19(21)20-16-28(11-8-22(20)30)14-9-24(25,26)27/h3-5,15,17H,1,6-14,16H2,2H3. The fraction of sp³-hybridized carbons (Fsp3) is 0.542. The lowest BCUT2D eigenvalue weighted by atomic mass is 9.98. The number of rotatable bonds is 5. The van der Waals surface area contributed by atoms with Gasteiger partial charge in [-0.1, -0.05) is 13.0 Å². The predicted octanol–water partition coefficient (Wildman–Crippen LogP) is 5.01. The first kappa shape index (κ1) is 21.9. The van der Waals surface area contributed by atoms with E-state index in [2.05, 4.69) is 18.1 Å². The van der Waals surface area contributed by atoms with Crippen molar-refractivity contribution in [3.8, 4) is 0 Å². The molecule has 1 aromatic heterocycles. The number of alkyl halides is 3. The maximum absolute atomic E-state index is 13.1. The summed E-state index contributed by atoms with van der Waals surface area (Å²) < 4.78 is 40.4. The first-order valence-corrected chi connectivity index (χ1v) is 11.1. The fourth-order valence-corrected chi connectivity index (χ4v) is 4.85. The molecule has 1 fully saturated rings. The topological polar surface area (TPSA) is 28.5 Å². The number of hydrogen-bond acceptors (Lipinski definition) is 2. The minimum Gasteiger partial charge on any atom is -0.340 e. The van der Waals surface area contributed by atoms with Gasteiger partial charge in [0, 0.05) is 67.8 Å². The van der Waals surface area contributed by atoms with E-state index in [0.717, 1.165) is 48.1 Å². The van der Waals surface area contributed by atoms with Gasteiger partial charge >= 0.3 is 6.18 Å². The number of carbonyl (C=O) groups excluding carboxylic acids is 1. The van der Waals surface area contributed by atoms with E-state index in [1.807, 2.05) is 34.1 Å². The Morgan fingerprint density at radius 1 is 1.23 bits per heavy atom. The zero-order valence-corrected chi connectivity index (χ0v) is 18.0. The number of fused-ring (bicyclic) bond motifs is 3. The molecule has 3 heterocycles. The molecule has 2 aromatic rings. The van der Waals surface area contributed by atoms with E-state index in [4.69, 9.17) is 0 Å². The van der Waals surface area contributed by atoms with Gasteiger partial charge in [-0.25, -0.2) is 0 Å². The smallest absolute Gasteiger partial charge is 0.340 e. The number of amides is 1. The second-order valence-corrected chi connectivity index (χ2v) is 8.92. The van der Waals surface area contributed by atoms with Crippen molar-refractivity contribution >= 4 is 16.8 Å². The third kappa shape index (κ3) is 4.66. The molecule has 2 aliphatic heterocycles. The van der Waals surface area contributed by atoms with E-state index in [1.165, 1.54) is 0 Å². The molecule has 0 unspecified atom stereocenters. The lowest BCUT2D eigenvalue weighted by Crippen LogP contribution is -2.37. The number of nitrogens with zero attached hydrogens (tertiary/aromatic N) is 3. The molecular formula is C24H30F3N3O. The molecule has 168 valence electrons. The van der Waals surface area contributed by atoms with E-state index in [0.29, 0.717) is 37.5 Å². The van der Waals surface area contributed by atoms with Crippen LogP contribution in [0.2, 0.25) is 0 Å². The maximum Gasteiger partial charge on any atom is 0.390 e. The number of benzene rings is 1. The lowest BCUT2D eigenvalue weighted by Gasteiger charge is -2.30. The Kier molecular flexibility index (Phi) is 6.15. The number of carbonyl (C=O) groups is 1. The van der Waals surface area contributed by atoms with Crippen molar-refractivity contribution in [3.63, 3.8) is 0 Å². The molecule has 31 heavy (non-hydrogen) atoms. The molecular weight excluding hydrogens is 403 g/mol. The van der Waals surface area contributed by atoms with E-state index in [-0.39, 0.29) is 12.5 Å². The summed E-state index contributed by atoms with van der Waals surface area (Å²) in [6.07, 6.45) is -0.374. The van der Waals surface area contributed by atoms with Crippen LogP contribution in [0.15, 0.2) is 30.9 Å². The molecule has 0 bridgehead atoms. The molecule has 1 amide bonds. The van der Waals surface area contributed by atoms with Gasteiger partial charge in [0.05, 0.1) is 6.42 Å². The van der Waals surface area contributed by atoms with Crippen molar-refractivity contribution in [3.05, 3.63) is 47.7 Å². The summed E-state index contributed by atoms with van der Waals surface area (Å²) in [6, 6.07) is 5.81. The average Bonchev–Trinajstić information content (AvgIpc) is 3.05. The van der Waals surface area contributed by atoms with Crippen LogP contribution in [0, 0.1) is 5.92 Å². The summed E-state index contributed by atoms with van der Waals surface area (Å²) in [5, 5.41) is 0.977. The first-order valence-electron chi connectivity index (χ1n) is 11.1. The van der Waals surface area contributed by atoms with Gasteiger partial charge in [0.25, 0.3) is 5.91 Å². The van der Waals surface area contributed by atoms with Gasteiger partial charge in [-0.05, 0) is 42.5 Å². The Morgan fingerprint density at radius 3 is 2.65 bits per heavy atom. The molecule has 0 radical (unpaired) electrons. The van der Waals surface area contributed by atoms with Crippen LogP contribution in [0.3, 0.4) is 0 Å². The zero-order valence-electron chi connectivity index (χ0n) is 18.0. The number of piperidine rings is 1. The van der Waals surface area contributed by atoms with Gasteiger partial charge < -0.3 is 9.47 Å². The van der Waals surface area contributed by atoms with Gasteiger partial charge in [-0.3, -0.25) is 9.69 Å². The number of halogens is 3. The van der Waals surface area contributed by atoms with Crippen LogP contribution in [0.25, 0.3) is 10.9 Å². The highest BCUT2D eigenvalue weighted by molar-refractivity contribution is 5.99. The Morgan fingerprint density at radius 2 is 1.97 bits per heavy atom. The van der Waals surface area contributed by atoms with Crippen molar-refractivity contribution in [2.45, 2.75) is 51.9 Å². The summed E-state index contributed by atoms with van der Waals surface area (Å²) in [5.41, 5.74) is 3.88. The monoisotopic (exact) mass is 433 g/mol. The summed E-state index contributed by atoms with van der Waals surface area (Å²) in [6.45, 7) is 9.36. The Hall–Kier alpha value is -2.28. The molecule has 0 saturated carbocycles. The molecule has 1 saturated heterocycles. The molecule has 0 spiro atoms. The van der Waals surface area contributed by atoms with Crippen LogP contribution >= 0.6 is 0 Å². The van der Waals surface area contributed by atoms with Gasteiger partial charge in [0.2, 0.25) is 0 Å². The minimum absolute atomic E-state index is 0.00164. The van der Waals surface area contributed by atoms with Gasteiger partial charge in [-0.15, -0.1) is 6.58 Å². The van der Waals surface area contributed by atoms with Crippen LogP contribution < -0.4 is 0 Å². The summed E-state index contributed by atoms with van der Waals surface area (Å²) in [7, 11) is 0. The normalized spacial score (nSPS) is 18.4. The SMILES string of the molecule is C=CCn1c2c(c3cc(C(=O)N4CCC(C)CC4)ccc31)CN(CCC(F)(F)F)CC2. The maximum atomic E-state index is 13.1. The highest BCUT2D eigenvalue weighted by Gasteiger charge is 2.30. The molecule has 4 rings (SSSR count). The number of hydrogen-bond donors (Lipinski definition) is 0. The van der Waals surface area contributed by atoms with Gasteiger partial charge in [-0.2, -0.15) is 13.2 Å². The minimum atomic E-state index is -4.15. The molecule has 7 heteroatoms. The van der Waals surface area contributed by atoms with Crippen LogP contribution in [-0.2, 0) is 19.5 Å². The third-order valence-corrected chi connectivity index (χ3v) is 6.67. The third-order valence-electron chi connectivity index (χ3n) is 6.67. The van der Waals surface area contributed by atoms with Crippen molar-refractivity contribution in [2.24, 2.45) is 5.92 Å². The van der Waals surface area contributed by atoms with E-state index in [1.54, 1.807) is 0 Å². The quantitative estimate of drug-likeness (QED) is 0.620. The number of likely N-dealkylation sites (tertiary alicyclic amines) is 1. The van der Waals surface area contributed by atoms with Crippen LogP contribution in [-0.4, -0.2) is 52.6 Å². The van der Waals surface area contributed by atoms with Crippen molar-refractivity contribution in [2.75, 3.05) is 26.2 Å². The molecule has 2 aliphatic rings. The van der Waals surface area contributed by atoms with Gasteiger partial charge in [0.15, 0.2) is 0 Å². The molecule has 4 nitrogen and oxygen atoms in total. The molecule has 0 atom stereocenters. The molecule has 0 N–H and O–H groups in total. The summed E-state index contributed by atoms with van der Waals surface area (Å²) in [5.74, 6) is 0.693. The van der Waals surface area contributed by atoms with Crippen LogP contribution in [0.1, 0.15) is 47.8 Å². The van der Waals surface area contributed by atoms with E-state index < -0.39 is 12.6 Å². The Labute approximate surface area is 181 Å². The second kappa shape index (κ2) is 8.69. The number of aromatic nitrogens is 1. The van der Waals surface area contributed by atoms with Crippen molar-refractivity contribution in [1.29, 1.82) is 0 Å². The van der Waals surface area contributed by atoms with E-state index in [9.17, 15) is 18.0 Å². The van der Waals surface area contributed by atoms with E-state index >= 15 is 0 Å². The predicted molar refractivity (Wildman–Crippen MR) is 116 cm³/mol. The largest absolute Gasteiger partial charge is 0.390 e. The summed E-state index contributed by atoms with van der Waals surface area (Å²) in [4.78, 5) is 16.9. The van der Waals surface area contributed by atoms with Crippen molar-refractivity contribution < 1.29 is 18.0 Å². The fourth-order valence-electron chi connectivity index (χ4n) is 4.85. The highest BCUT2D eigenvalue weighted by atomic mass is 19.4. The van der Waals surface area contributed by atoms with Crippen LogP contribution in [0.4, 0.5) is 13.2 Å². The lowest BCUT2D eigenvalue weighted by molar-refractivity contribution is -0.138. The summed E-state index contributed by atoms with van der Waals surface area (Å²) >= 11 is 0. The Bertz CT molecular complexity index is 971.